The smallest absolute Gasteiger partial charge is 0.187 e. The van der Waals surface area contributed by atoms with Crippen LogP contribution in [-0.2, 0) is 4.79 Å². The molecule has 1 aliphatic carbocycles. The predicted octanol–water partition coefficient (Wildman–Crippen LogP) is 3.86. The van der Waals surface area contributed by atoms with Crippen LogP contribution < -0.4 is 0 Å². The molecule has 1 saturated carbocycles. The first-order valence-corrected chi connectivity index (χ1v) is 9.33. The molecule has 4 rings (SSSR count). The minimum Gasteiger partial charge on any atom is -0.508 e. The first-order chi connectivity index (χ1) is 13.1. The number of piperidine rings is 1. The lowest BCUT2D eigenvalue weighted by molar-refractivity contribution is -0.113. The minimum absolute atomic E-state index is 0.0359. The molecule has 0 bridgehead atoms. The molecule has 0 spiro atoms. The third-order valence-electron chi connectivity index (χ3n) is 5.01. The zero-order valence-corrected chi connectivity index (χ0v) is 15.1. The van der Waals surface area contributed by atoms with Gasteiger partial charge in [-0.05, 0) is 66.3 Å². The molecule has 2 aromatic carbocycles. The Morgan fingerprint density at radius 2 is 1.41 bits per heavy atom. The number of carbonyl (C=O) groups is 1. The van der Waals surface area contributed by atoms with Crippen LogP contribution >= 0.6 is 0 Å². The first kappa shape index (κ1) is 17.6. The van der Waals surface area contributed by atoms with Gasteiger partial charge in [-0.3, -0.25) is 9.69 Å². The fourth-order valence-corrected chi connectivity index (χ4v) is 3.54. The molecule has 1 saturated heterocycles. The second kappa shape index (κ2) is 7.41. The maximum atomic E-state index is 13.1. The van der Waals surface area contributed by atoms with Gasteiger partial charge in [-0.15, -0.1) is 0 Å². The molecule has 27 heavy (non-hydrogen) atoms. The summed E-state index contributed by atoms with van der Waals surface area (Å²) in [4.78, 5) is 15.4. The van der Waals surface area contributed by atoms with Gasteiger partial charge in [0.1, 0.15) is 11.5 Å². The fraction of sp³-hybridized carbons (Fsp3) is 0.261. The van der Waals surface area contributed by atoms with Crippen molar-refractivity contribution in [1.29, 1.82) is 0 Å². The van der Waals surface area contributed by atoms with Crippen LogP contribution in [0, 0.1) is 5.92 Å². The average molecular weight is 361 g/mol. The lowest BCUT2D eigenvalue weighted by Crippen LogP contribution is -2.38. The van der Waals surface area contributed by atoms with E-state index in [0.717, 1.165) is 34.7 Å². The maximum absolute atomic E-state index is 13.1. The van der Waals surface area contributed by atoms with Gasteiger partial charge < -0.3 is 10.2 Å². The Balaban J connectivity index is 1.66. The summed E-state index contributed by atoms with van der Waals surface area (Å²) in [6, 6.07) is 13.9. The van der Waals surface area contributed by atoms with E-state index in [2.05, 4.69) is 4.90 Å². The number of aromatic hydroxyl groups is 2. The topological polar surface area (TPSA) is 60.8 Å². The molecule has 2 aliphatic rings. The lowest BCUT2D eigenvalue weighted by atomic mass is 9.94. The standard InChI is InChI=1S/C23H23NO3/c25-21-5-1-3-17(11-21)9-19-14-24(13-16-7-8-16)15-20(23(19)27)10-18-4-2-6-22(26)12-18/h1-6,9-12,16,25-26H,7-8,13-15H2/b19-9+,20-10+. The van der Waals surface area contributed by atoms with E-state index in [1.54, 1.807) is 36.4 Å². The van der Waals surface area contributed by atoms with Crippen molar-refractivity contribution < 1.29 is 15.0 Å². The van der Waals surface area contributed by atoms with Gasteiger partial charge in [0.2, 0.25) is 0 Å². The number of phenols is 2. The average Bonchev–Trinajstić information content (AvgIpc) is 3.43. The van der Waals surface area contributed by atoms with E-state index in [1.807, 2.05) is 24.3 Å². The molecule has 2 fully saturated rings. The summed E-state index contributed by atoms with van der Waals surface area (Å²) in [5.74, 6) is 1.16. The fourth-order valence-electron chi connectivity index (χ4n) is 3.54. The van der Waals surface area contributed by atoms with Crippen LogP contribution in [0.15, 0.2) is 59.7 Å². The Kier molecular flexibility index (Phi) is 4.82. The lowest BCUT2D eigenvalue weighted by Gasteiger charge is -2.29. The van der Waals surface area contributed by atoms with Crippen molar-refractivity contribution in [3.63, 3.8) is 0 Å². The number of Topliss-reactive ketones (excluding diaryl/α,β-unsaturated/α-hetero) is 1. The molecule has 0 radical (unpaired) electrons. The Labute approximate surface area is 159 Å². The highest BCUT2D eigenvalue weighted by atomic mass is 16.3. The Bertz CT molecular complexity index is 857. The van der Waals surface area contributed by atoms with Gasteiger partial charge in [-0.2, -0.15) is 0 Å². The molecule has 0 amide bonds. The normalized spacial score (nSPS) is 21.1. The Morgan fingerprint density at radius 1 is 0.889 bits per heavy atom. The molecule has 1 heterocycles. The van der Waals surface area contributed by atoms with Gasteiger partial charge in [0.15, 0.2) is 5.78 Å². The zero-order valence-electron chi connectivity index (χ0n) is 15.1. The highest BCUT2D eigenvalue weighted by Gasteiger charge is 2.30. The van der Waals surface area contributed by atoms with Gasteiger partial charge in [-0.1, -0.05) is 24.3 Å². The van der Waals surface area contributed by atoms with E-state index >= 15 is 0 Å². The van der Waals surface area contributed by atoms with E-state index in [0.29, 0.717) is 13.1 Å². The third-order valence-corrected chi connectivity index (χ3v) is 5.01. The number of likely N-dealkylation sites (tertiary alicyclic amines) is 1. The molecule has 0 atom stereocenters. The van der Waals surface area contributed by atoms with Crippen molar-refractivity contribution in [2.75, 3.05) is 19.6 Å². The number of benzene rings is 2. The molecule has 4 heteroatoms. The minimum atomic E-state index is 0.0359. The third kappa shape index (κ3) is 4.47. The monoisotopic (exact) mass is 361 g/mol. The Hall–Kier alpha value is -2.85. The number of phenolic OH excluding ortho intramolecular Hbond substituents is 2. The number of hydrogen-bond donors (Lipinski definition) is 2. The summed E-state index contributed by atoms with van der Waals surface area (Å²) >= 11 is 0. The van der Waals surface area contributed by atoms with Gasteiger partial charge >= 0.3 is 0 Å². The van der Waals surface area contributed by atoms with Crippen LogP contribution in [0.1, 0.15) is 24.0 Å². The van der Waals surface area contributed by atoms with Crippen molar-refractivity contribution in [2.24, 2.45) is 5.92 Å². The second-order valence-corrected chi connectivity index (χ2v) is 7.47. The van der Waals surface area contributed by atoms with Crippen LogP contribution in [0.4, 0.5) is 0 Å². The number of carbonyl (C=O) groups excluding carboxylic acids is 1. The van der Waals surface area contributed by atoms with E-state index < -0.39 is 0 Å². The second-order valence-electron chi connectivity index (χ2n) is 7.47. The van der Waals surface area contributed by atoms with Crippen LogP contribution in [0.3, 0.4) is 0 Å². The molecular formula is C23H23NO3. The van der Waals surface area contributed by atoms with Crippen molar-refractivity contribution in [3.8, 4) is 11.5 Å². The summed E-state index contributed by atoms with van der Waals surface area (Å²) < 4.78 is 0. The van der Waals surface area contributed by atoms with E-state index in [1.165, 1.54) is 12.8 Å². The van der Waals surface area contributed by atoms with Crippen LogP contribution in [0.25, 0.3) is 12.2 Å². The van der Waals surface area contributed by atoms with Gasteiger partial charge in [0, 0.05) is 30.8 Å². The number of hydrogen-bond acceptors (Lipinski definition) is 4. The molecule has 4 nitrogen and oxygen atoms in total. The molecular weight excluding hydrogens is 338 g/mol. The van der Waals surface area contributed by atoms with Crippen molar-refractivity contribution >= 4 is 17.9 Å². The quantitative estimate of drug-likeness (QED) is 0.812. The van der Waals surface area contributed by atoms with Crippen molar-refractivity contribution in [3.05, 3.63) is 70.8 Å². The molecule has 0 unspecified atom stereocenters. The molecule has 2 aromatic rings. The summed E-state index contributed by atoms with van der Waals surface area (Å²) in [5.41, 5.74) is 3.12. The molecule has 0 aromatic heterocycles. The maximum Gasteiger partial charge on any atom is 0.187 e. The van der Waals surface area contributed by atoms with Crippen LogP contribution in [0.5, 0.6) is 11.5 Å². The SMILES string of the molecule is O=C1/C(=C/c2cccc(O)c2)CN(CC2CC2)C/C1=C\c1cccc(O)c1. The van der Waals surface area contributed by atoms with E-state index in [-0.39, 0.29) is 17.3 Å². The predicted molar refractivity (Wildman–Crippen MR) is 106 cm³/mol. The summed E-state index contributed by atoms with van der Waals surface area (Å²) in [5, 5.41) is 19.4. The van der Waals surface area contributed by atoms with Gasteiger partial charge in [0.05, 0.1) is 0 Å². The number of rotatable bonds is 4. The molecule has 2 N–H and O–H groups in total. The van der Waals surface area contributed by atoms with Gasteiger partial charge in [-0.25, -0.2) is 0 Å². The van der Waals surface area contributed by atoms with Crippen LogP contribution in [-0.4, -0.2) is 40.5 Å². The van der Waals surface area contributed by atoms with Crippen LogP contribution in [0.2, 0.25) is 0 Å². The van der Waals surface area contributed by atoms with E-state index in [4.69, 9.17) is 0 Å². The highest BCUT2D eigenvalue weighted by molar-refractivity contribution is 6.14. The van der Waals surface area contributed by atoms with Crippen molar-refractivity contribution in [2.45, 2.75) is 12.8 Å². The van der Waals surface area contributed by atoms with Crippen molar-refractivity contribution in [1.82, 2.24) is 4.90 Å². The first-order valence-electron chi connectivity index (χ1n) is 9.33. The number of ketones is 1. The summed E-state index contributed by atoms with van der Waals surface area (Å²) in [6.45, 7) is 2.26. The number of nitrogens with zero attached hydrogens (tertiary/aromatic N) is 1. The van der Waals surface area contributed by atoms with Gasteiger partial charge in [0.25, 0.3) is 0 Å². The highest BCUT2D eigenvalue weighted by Crippen LogP contribution is 2.32. The van der Waals surface area contributed by atoms with E-state index in [9.17, 15) is 15.0 Å². The molecule has 138 valence electrons. The summed E-state index contributed by atoms with van der Waals surface area (Å²) in [7, 11) is 0. The summed E-state index contributed by atoms with van der Waals surface area (Å²) in [6.07, 6.45) is 6.28. The largest absolute Gasteiger partial charge is 0.508 e. The Morgan fingerprint density at radius 3 is 1.85 bits per heavy atom. The molecule has 1 aliphatic heterocycles. The zero-order chi connectivity index (χ0) is 18.8.